The van der Waals surface area contributed by atoms with Gasteiger partial charge in [-0.1, -0.05) is 26.0 Å². The van der Waals surface area contributed by atoms with E-state index in [0.717, 1.165) is 47.5 Å². The molecule has 1 amide bonds. The van der Waals surface area contributed by atoms with Crippen molar-refractivity contribution in [3.63, 3.8) is 0 Å². The van der Waals surface area contributed by atoms with Crippen molar-refractivity contribution in [2.45, 2.75) is 46.5 Å². The second kappa shape index (κ2) is 6.48. The molecule has 1 aromatic carbocycles. The van der Waals surface area contributed by atoms with Gasteiger partial charge < -0.3 is 4.90 Å². The molecule has 140 valence electrons. The van der Waals surface area contributed by atoms with Crippen LogP contribution in [0.4, 0.5) is 5.69 Å². The number of pyridine rings is 1. The van der Waals surface area contributed by atoms with Crippen molar-refractivity contribution in [3.05, 3.63) is 52.3 Å². The maximum atomic E-state index is 13.6. The number of carbonyl (C=O) groups is 1. The molecule has 1 aliphatic heterocycles. The molecule has 0 N–H and O–H groups in total. The van der Waals surface area contributed by atoms with E-state index in [-0.39, 0.29) is 5.91 Å². The second-order valence-corrected chi connectivity index (χ2v) is 7.82. The summed E-state index contributed by atoms with van der Waals surface area (Å²) in [6.45, 7) is 9.02. The minimum absolute atomic E-state index is 0.0415. The molecule has 0 bridgehead atoms. The lowest BCUT2D eigenvalue weighted by atomic mass is 9.94. The Bertz CT molecular complexity index is 1050. The van der Waals surface area contributed by atoms with Gasteiger partial charge in [0.15, 0.2) is 5.65 Å². The van der Waals surface area contributed by atoms with Gasteiger partial charge >= 0.3 is 0 Å². The van der Waals surface area contributed by atoms with Crippen molar-refractivity contribution in [3.8, 4) is 0 Å². The molecule has 5 heteroatoms. The van der Waals surface area contributed by atoms with Gasteiger partial charge in [0.1, 0.15) is 0 Å². The van der Waals surface area contributed by atoms with Crippen LogP contribution in [-0.4, -0.2) is 27.2 Å². The van der Waals surface area contributed by atoms with E-state index >= 15 is 0 Å². The highest BCUT2D eigenvalue weighted by molar-refractivity contribution is 6.14. The molecule has 5 nitrogen and oxygen atoms in total. The standard InChI is InChI=1S/C22H26N4O/c1-13(2)16-8-9-19-17(12-16)7-6-10-26(19)22(27)18-11-14(3)23-21-20(18)15(4)24-25(21)5/h8-9,11-13H,6-7,10H2,1-5H3. The van der Waals surface area contributed by atoms with Crippen molar-refractivity contribution in [2.75, 3.05) is 11.4 Å². The van der Waals surface area contributed by atoms with Gasteiger partial charge in [0.2, 0.25) is 0 Å². The first-order chi connectivity index (χ1) is 12.9. The van der Waals surface area contributed by atoms with E-state index in [1.54, 1.807) is 4.68 Å². The third-order valence-corrected chi connectivity index (χ3v) is 5.46. The Kier molecular flexibility index (Phi) is 4.25. The Hall–Kier alpha value is -2.69. The second-order valence-electron chi connectivity index (χ2n) is 7.82. The number of anilines is 1. The third kappa shape index (κ3) is 2.91. The average molecular weight is 362 g/mol. The number of aryl methyl sites for hydroxylation is 4. The Balaban J connectivity index is 1.83. The van der Waals surface area contributed by atoms with Gasteiger partial charge in [0.25, 0.3) is 5.91 Å². The van der Waals surface area contributed by atoms with Crippen LogP contribution in [0, 0.1) is 13.8 Å². The molecule has 0 atom stereocenters. The van der Waals surface area contributed by atoms with Gasteiger partial charge in [-0.25, -0.2) is 4.98 Å². The fourth-order valence-electron chi connectivity index (χ4n) is 4.07. The van der Waals surface area contributed by atoms with Crippen LogP contribution in [0.25, 0.3) is 11.0 Å². The highest BCUT2D eigenvalue weighted by Gasteiger charge is 2.27. The number of benzene rings is 1. The number of nitrogens with zero attached hydrogens (tertiary/aromatic N) is 4. The summed E-state index contributed by atoms with van der Waals surface area (Å²) in [5, 5.41) is 5.34. The first-order valence-electron chi connectivity index (χ1n) is 9.62. The van der Waals surface area contributed by atoms with E-state index in [0.29, 0.717) is 11.5 Å². The van der Waals surface area contributed by atoms with Crippen molar-refractivity contribution in [1.82, 2.24) is 14.8 Å². The summed E-state index contributed by atoms with van der Waals surface area (Å²) in [5.74, 6) is 0.529. The SMILES string of the molecule is Cc1cc(C(=O)N2CCCc3cc(C(C)C)ccc32)c2c(C)nn(C)c2n1. The van der Waals surface area contributed by atoms with Crippen LogP contribution in [0.5, 0.6) is 0 Å². The van der Waals surface area contributed by atoms with Gasteiger partial charge in [-0.05, 0) is 55.9 Å². The van der Waals surface area contributed by atoms with Crippen LogP contribution < -0.4 is 4.90 Å². The normalized spacial score (nSPS) is 14.1. The molecule has 0 spiro atoms. The first-order valence-corrected chi connectivity index (χ1v) is 9.62. The van der Waals surface area contributed by atoms with E-state index in [1.165, 1.54) is 11.1 Å². The molecule has 0 fully saturated rings. The predicted octanol–water partition coefficient (Wildman–Crippen LogP) is 4.30. The molecule has 3 heterocycles. The van der Waals surface area contributed by atoms with Crippen molar-refractivity contribution in [1.29, 1.82) is 0 Å². The lowest BCUT2D eigenvalue weighted by molar-refractivity contribution is 0.0986. The number of hydrogen-bond donors (Lipinski definition) is 0. The van der Waals surface area contributed by atoms with Crippen molar-refractivity contribution < 1.29 is 4.79 Å². The number of hydrogen-bond acceptors (Lipinski definition) is 3. The molecule has 3 aromatic rings. The third-order valence-electron chi connectivity index (χ3n) is 5.46. The van der Waals surface area contributed by atoms with Crippen molar-refractivity contribution >= 4 is 22.6 Å². The smallest absolute Gasteiger partial charge is 0.259 e. The van der Waals surface area contributed by atoms with Crippen LogP contribution in [0.15, 0.2) is 24.3 Å². The topological polar surface area (TPSA) is 51.0 Å². The molecule has 0 unspecified atom stereocenters. The fourth-order valence-corrected chi connectivity index (χ4v) is 4.07. The Morgan fingerprint density at radius 2 is 1.96 bits per heavy atom. The van der Waals surface area contributed by atoms with Crippen LogP contribution in [0.1, 0.15) is 59.1 Å². The summed E-state index contributed by atoms with van der Waals surface area (Å²) >= 11 is 0. The van der Waals surface area contributed by atoms with E-state index in [1.807, 2.05) is 31.9 Å². The van der Waals surface area contributed by atoms with E-state index in [2.05, 4.69) is 42.1 Å². The monoisotopic (exact) mass is 362 g/mol. The Labute approximate surface area is 160 Å². The predicted molar refractivity (Wildman–Crippen MR) is 109 cm³/mol. The molecule has 0 saturated carbocycles. The highest BCUT2D eigenvalue weighted by Crippen LogP contribution is 2.32. The average Bonchev–Trinajstić information content (AvgIpc) is 2.93. The molecular formula is C22H26N4O. The van der Waals surface area contributed by atoms with E-state index in [4.69, 9.17) is 0 Å². The number of carbonyl (C=O) groups excluding carboxylic acids is 1. The van der Waals surface area contributed by atoms with Gasteiger partial charge in [0, 0.05) is 25.0 Å². The molecule has 0 aliphatic carbocycles. The quantitative estimate of drug-likeness (QED) is 0.683. The van der Waals surface area contributed by atoms with Crippen LogP contribution >= 0.6 is 0 Å². The first kappa shape index (κ1) is 17.7. The summed E-state index contributed by atoms with van der Waals surface area (Å²) < 4.78 is 1.76. The minimum Gasteiger partial charge on any atom is -0.308 e. The Morgan fingerprint density at radius 1 is 1.19 bits per heavy atom. The zero-order valence-electron chi connectivity index (χ0n) is 16.7. The van der Waals surface area contributed by atoms with Gasteiger partial charge in [-0.15, -0.1) is 0 Å². The van der Waals surface area contributed by atoms with Crippen molar-refractivity contribution in [2.24, 2.45) is 7.05 Å². The molecule has 27 heavy (non-hydrogen) atoms. The number of fused-ring (bicyclic) bond motifs is 2. The zero-order valence-corrected chi connectivity index (χ0v) is 16.7. The van der Waals surface area contributed by atoms with Crippen LogP contribution in [0.2, 0.25) is 0 Å². The molecular weight excluding hydrogens is 336 g/mol. The summed E-state index contributed by atoms with van der Waals surface area (Å²) in [7, 11) is 1.87. The summed E-state index contributed by atoms with van der Waals surface area (Å²) in [5.41, 5.74) is 6.78. The van der Waals surface area contributed by atoms with Gasteiger partial charge in [-0.2, -0.15) is 5.10 Å². The zero-order chi connectivity index (χ0) is 19.3. The molecule has 2 aromatic heterocycles. The van der Waals surface area contributed by atoms with Crippen LogP contribution in [-0.2, 0) is 13.5 Å². The summed E-state index contributed by atoms with van der Waals surface area (Å²) in [6.07, 6.45) is 2.01. The van der Waals surface area contributed by atoms with Gasteiger partial charge in [0.05, 0.1) is 16.6 Å². The molecule has 4 rings (SSSR count). The lowest BCUT2D eigenvalue weighted by Crippen LogP contribution is -2.35. The van der Waals surface area contributed by atoms with Crippen LogP contribution in [0.3, 0.4) is 0 Å². The fraction of sp³-hybridized carbons (Fsp3) is 0.409. The maximum absolute atomic E-state index is 13.6. The molecule has 0 radical (unpaired) electrons. The minimum atomic E-state index is 0.0415. The summed E-state index contributed by atoms with van der Waals surface area (Å²) in [6, 6.07) is 8.43. The van der Waals surface area contributed by atoms with E-state index < -0.39 is 0 Å². The molecule has 0 saturated heterocycles. The summed E-state index contributed by atoms with van der Waals surface area (Å²) in [4.78, 5) is 20.1. The highest BCUT2D eigenvalue weighted by atomic mass is 16.2. The Morgan fingerprint density at radius 3 is 2.70 bits per heavy atom. The number of aromatic nitrogens is 3. The van der Waals surface area contributed by atoms with Gasteiger partial charge in [-0.3, -0.25) is 9.48 Å². The van der Waals surface area contributed by atoms with E-state index in [9.17, 15) is 4.79 Å². The maximum Gasteiger partial charge on any atom is 0.259 e. The molecule has 1 aliphatic rings. The number of amides is 1. The largest absolute Gasteiger partial charge is 0.308 e. The number of rotatable bonds is 2. The lowest BCUT2D eigenvalue weighted by Gasteiger charge is -2.30.